The second-order valence-corrected chi connectivity index (χ2v) is 9.88. The van der Waals surface area contributed by atoms with Crippen molar-refractivity contribution in [1.82, 2.24) is 14.8 Å². The molecule has 1 aliphatic heterocycles. The average Bonchev–Trinajstić information content (AvgIpc) is 3.24. The third kappa shape index (κ3) is 5.52. The van der Waals surface area contributed by atoms with Crippen molar-refractivity contribution in [1.29, 1.82) is 0 Å². The average molecular weight is 485 g/mol. The van der Waals surface area contributed by atoms with Gasteiger partial charge < -0.3 is 19.9 Å². The lowest BCUT2D eigenvalue weighted by Gasteiger charge is -2.32. The molecule has 0 saturated carbocycles. The van der Waals surface area contributed by atoms with Crippen LogP contribution in [-0.2, 0) is 9.53 Å². The number of fused-ring (bicyclic) bond motifs is 1. The molecule has 10 heteroatoms. The molecule has 33 heavy (non-hydrogen) atoms. The number of benzene rings is 2. The van der Waals surface area contributed by atoms with E-state index in [4.69, 9.17) is 0 Å². The summed E-state index contributed by atoms with van der Waals surface area (Å²) < 4.78 is 6.30. The molecule has 1 aromatic heterocycles. The van der Waals surface area contributed by atoms with E-state index < -0.39 is 0 Å². The first-order chi connectivity index (χ1) is 15.9. The van der Waals surface area contributed by atoms with E-state index in [1.165, 1.54) is 30.2 Å². The summed E-state index contributed by atoms with van der Waals surface area (Å²) in [4.78, 5) is 46.0. The normalized spacial score (nSPS) is 14.3. The van der Waals surface area contributed by atoms with Crippen molar-refractivity contribution in [2.75, 3.05) is 51.4 Å². The van der Waals surface area contributed by atoms with Crippen LogP contribution in [0.4, 0.5) is 5.69 Å². The lowest BCUT2D eigenvalue weighted by Crippen LogP contribution is -2.47. The summed E-state index contributed by atoms with van der Waals surface area (Å²) in [7, 11) is 3.39. The van der Waals surface area contributed by atoms with Gasteiger partial charge >= 0.3 is 5.97 Å². The molecule has 172 valence electrons. The predicted octanol–water partition coefficient (Wildman–Crippen LogP) is 3.20. The molecule has 2 heterocycles. The van der Waals surface area contributed by atoms with E-state index in [2.05, 4.69) is 19.9 Å². The topological polar surface area (TPSA) is 91.8 Å². The van der Waals surface area contributed by atoms with Crippen molar-refractivity contribution in [2.45, 2.75) is 4.34 Å². The second-order valence-electron chi connectivity index (χ2n) is 7.62. The van der Waals surface area contributed by atoms with Crippen LogP contribution < -0.4 is 5.32 Å². The molecular weight excluding hydrogens is 460 g/mol. The quantitative estimate of drug-likeness (QED) is 0.424. The molecule has 1 saturated heterocycles. The number of amides is 2. The van der Waals surface area contributed by atoms with Crippen LogP contribution in [0.2, 0.25) is 0 Å². The van der Waals surface area contributed by atoms with Crippen molar-refractivity contribution in [3.8, 4) is 0 Å². The number of hydrogen-bond donors (Lipinski definition) is 1. The van der Waals surface area contributed by atoms with E-state index in [9.17, 15) is 14.4 Å². The number of nitrogens with one attached hydrogen (secondary N) is 1. The van der Waals surface area contributed by atoms with E-state index in [1.54, 1.807) is 35.2 Å². The number of methoxy groups -OCH3 is 1. The number of nitrogens with zero attached hydrogens (tertiary/aromatic N) is 3. The van der Waals surface area contributed by atoms with Gasteiger partial charge in [0.2, 0.25) is 0 Å². The second kappa shape index (κ2) is 10.3. The molecule has 8 nitrogen and oxygen atoms in total. The summed E-state index contributed by atoms with van der Waals surface area (Å²) in [6.45, 7) is 2.91. The van der Waals surface area contributed by atoms with Gasteiger partial charge in [0.1, 0.15) is 0 Å². The van der Waals surface area contributed by atoms with Crippen LogP contribution in [0.15, 0.2) is 46.8 Å². The first kappa shape index (κ1) is 23.2. The Morgan fingerprint density at radius 2 is 1.82 bits per heavy atom. The standard InChI is InChI=1S/C23H24N4O4S2/c1-26-9-11-27(12-10-26)22(30)17-6-4-3-5-16(17)21(29)24-15-7-8-18-19(13-15)33-23(25-18)32-14-20(28)31-2/h3-8,13H,9-12,14H2,1-2H3,(H,24,29). The van der Waals surface area contributed by atoms with Crippen LogP contribution in [0.1, 0.15) is 20.7 Å². The maximum Gasteiger partial charge on any atom is 0.316 e. The zero-order chi connectivity index (χ0) is 23.4. The Morgan fingerprint density at radius 3 is 2.55 bits per heavy atom. The largest absolute Gasteiger partial charge is 0.468 e. The Morgan fingerprint density at radius 1 is 1.09 bits per heavy atom. The molecular formula is C23H24N4O4S2. The van der Waals surface area contributed by atoms with Gasteiger partial charge in [0.25, 0.3) is 11.8 Å². The van der Waals surface area contributed by atoms with E-state index in [1.807, 2.05) is 19.2 Å². The van der Waals surface area contributed by atoms with E-state index >= 15 is 0 Å². The zero-order valence-electron chi connectivity index (χ0n) is 18.4. The molecule has 0 bridgehead atoms. The van der Waals surface area contributed by atoms with Crippen LogP contribution in [0.25, 0.3) is 10.2 Å². The van der Waals surface area contributed by atoms with Crippen molar-refractivity contribution >= 4 is 56.8 Å². The smallest absolute Gasteiger partial charge is 0.316 e. The number of thiazole rings is 1. The number of thioether (sulfide) groups is 1. The molecule has 0 unspecified atom stereocenters. The molecule has 4 rings (SSSR count). The Balaban J connectivity index is 1.49. The van der Waals surface area contributed by atoms with Crippen molar-refractivity contribution in [3.63, 3.8) is 0 Å². The SMILES string of the molecule is COC(=O)CSc1nc2ccc(NC(=O)c3ccccc3C(=O)N3CCN(C)CC3)cc2s1. The number of piperazine rings is 1. The molecule has 0 aliphatic carbocycles. The minimum Gasteiger partial charge on any atom is -0.468 e. The third-order valence-corrected chi connectivity index (χ3v) is 7.50. The number of carbonyl (C=O) groups excluding carboxylic acids is 3. The predicted molar refractivity (Wildman–Crippen MR) is 130 cm³/mol. The molecule has 3 aromatic rings. The summed E-state index contributed by atoms with van der Waals surface area (Å²) >= 11 is 2.76. The van der Waals surface area contributed by atoms with Gasteiger partial charge in [0, 0.05) is 31.9 Å². The highest BCUT2D eigenvalue weighted by molar-refractivity contribution is 8.01. The fourth-order valence-corrected chi connectivity index (χ4v) is 5.41. The highest BCUT2D eigenvalue weighted by Gasteiger charge is 2.24. The Kier molecular flexibility index (Phi) is 7.26. The molecule has 0 radical (unpaired) electrons. The summed E-state index contributed by atoms with van der Waals surface area (Å²) in [6, 6.07) is 12.4. The summed E-state index contributed by atoms with van der Waals surface area (Å²) in [5.41, 5.74) is 2.15. The number of rotatable bonds is 6. The summed E-state index contributed by atoms with van der Waals surface area (Å²) in [6.07, 6.45) is 0. The Bertz CT molecular complexity index is 1190. The van der Waals surface area contributed by atoms with Crippen LogP contribution >= 0.6 is 23.1 Å². The van der Waals surface area contributed by atoms with E-state index in [0.29, 0.717) is 29.9 Å². The lowest BCUT2D eigenvalue weighted by molar-refractivity contribution is -0.137. The van der Waals surface area contributed by atoms with Crippen LogP contribution in [0.3, 0.4) is 0 Å². The molecule has 2 amide bonds. The van der Waals surface area contributed by atoms with Gasteiger partial charge in [-0.25, -0.2) is 4.98 Å². The number of aromatic nitrogens is 1. The van der Waals surface area contributed by atoms with Gasteiger partial charge in [-0.15, -0.1) is 11.3 Å². The Hall–Kier alpha value is -2.95. The van der Waals surface area contributed by atoms with Gasteiger partial charge in [-0.3, -0.25) is 14.4 Å². The number of anilines is 1. The molecule has 1 aliphatic rings. The molecule has 0 spiro atoms. The minimum atomic E-state index is -0.336. The zero-order valence-corrected chi connectivity index (χ0v) is 20.0. The molecule has 1 fully saturated rings. The fraction of sp³-hybridized carbons (Fsp3) is 0.304. The Labute approximate surface area is 199 Å². The van der Waals surface area contributed by atoms with Crippen molar-refractivity contribution < 1.29 is 19.1 Å². The summed E-state index contributed by atoms with van der Waals surface area (Å²) in [5, 5.41) is 2.90. The molecule has 1 N–H and O–H groups in total. The van der Waals surface area contributed by atoms with E-state index in [-0.39, 0.29) is 23.5 Å². The lowest BCUT2D eigenvalue weighted by atomic mass is 10.0. The molecule has 0 atom stereocenters. The van der Waals surface area contributed by atoms with Gasteiger partial charge in [-0.05, 0) is 37.4 Å². The highest BCUT2D eigenvalue weighted by atomic mass is 32.2. The number of esters is 1. The number of carbonyl (C=O) groups is 3. The van der Waals surface area contributed by atoms with Gasteiger partial charge in [-0.2, -0.15) is 0 Å². The fourth-order valence-electron chi connectivity index (χ4n) is 3.47. The van der Waals surface area contributed by atoms with Crippen LogP contribution in [-0.4, -0.2) is 78.7 Å². The third-order valence-electron chi connectivity index (χ3n) is 5.36. The highest BCUT2D eigenvalue weighted by Crippen LogP contribution is 2.31. The first-order valence-corrected chi connectivity index (χ1v) is 12.2. The minimum absolute atomic E-state index is 0.126. The van der Waals surface area contributed by atoms with E-state index in [0.717, 1.165) is 27.6 Å². The summed E-state index contributed by atoms with van der Waals surface area (Å²) in [5.74, 6) is -0.578. The number of ether oxygens (including phenoxy) is 1. The first-order valence-electron chi connectivity index (χ1n) is 10.4. The van der Waals surface area contributed by atoms with Gasteiger partial charge in [0.05, 0.1) is 34.2 Å². The van der Waals surface area contributed by atoms with Crippen LogP contribution in [0.5, 0.6) is 0 Å². The molecule has 2 aromatic carbocycles. The van der Waals surface area contributed by atoms with Crippen LogP contribution in [0, 0.1) is 0 Å². The van der Waals surface area contributed by atoms with Gasteiger partial charge in [-0.1, -0.05) is 23.9 Å². The van der Waals surface area contributed by atoms with Crippen molar-refractivity contribution in [2.24, 2.45) is 0 Å². The number of likely N-dealkylation sites (N-methyl/N-ethyl adjacent to an activating group) is 1. The number of hydrogen-bond acceptors (Lipinski definition) is 8. The monoisotopic (exact) mass is 484 g/mol. The van der Waals surface area contributed by atoms with Gasteiger partial charge in [0.15, 0.2) is 4.34 Å². The maximum absolute atomic E-state index is 13.1. The maximum atomic E-state index is 13.1. The van der Waals surface area contributed by atoms with Crippen molar-refractivity contribution in [3.05, 3.63) is 53.6 Å².